The van der Waals surface area contributed by atoms with Crippen molar-refractivity contribution in [1.29, 1.82) is 10.5 Å². The number of carboxylic acid groups (broad SMARTS) is 1. The molecule has 0 fully saturated rings. The monoisotopic (exact) mass is 306 g/mol. The first-order valence-electron chi connectivity index (χ1n) is 4.17. The highest BCUT2D eigenvalue weighted by molar-refractivity contribution is 6.45. The van der Waals surface area contributed by atoms with Crippen molar-refractivity contribution in [2.75, 3.05) is 0 Å². The van der Waals surface area contributed by atoms with E-state index >= 15 is 0 Å². The molecule has 0 aromatic heterocycles. The van der Waals surface area contributed by atoms with E-state index in [4.69, 9.17) is 55.2 Å². The lowest BCUT2D eigenvalue weighted by Gasteiger charge is -2.06. The first-order valence-corrected chi connectivity index (χ1v) is 5.30. The molecule has 0 amide bonds. The number of carboxylic acids is 1. The molecule has 1 aromatic rings. The lowest BCUT2D eigenvalue weighted by molar-refractivity contribution is -0.134. The predicted molar refractivity (Wildman–Crippen MR) is 65.9 cm³/mol. The molecule has 2 N–H and O–H groups in total. The van der Waals surface area contributed by atoms with Gasteiger partial charge in [0.1, 0.15) is 22.7 Å². The molecule has 5 nitrogen and oxygen atoms in total. The van der Waals surface area contributed by atoms with Crippen LogP contribution in [0.5, 0.6) is 5.75 Å². The SMILES string of the molecule is CC(=O)O.N#Cc1c(O)c(Cl)c(Cl)c(C#N)c1Cl. The van der Waals surface area contributed by atoms with Crippen LogP contribution in [-0.4, -0.2) is 16.2 Å². The molecule has 0 aliphatic rings. The molecule has 0 unspecified atom stereocenters. The zero-order valence-electron chi connectivity index (χ0n) is 8.83. The summed E-state index contributed by atoms with van der Waals surface area (Å²) in [7, 11) is 0. The molecule has 0 spiro atoms. The van der Waals surface area contributed by atoms with Crippen LogP contribution in [0.4, 0.5) is 0 Å². The Hall–Kier alpha value is -1.66. The molecule has 1 rings (SSSR count). The van der Waals surface area contributed by atoms with Gasteiger partial charge in [0.25, 0.3) is 5.97 Å². The molecule has 1 aromatic carbocycles. The number of phenols is 1. The van der Waals surface area contributed by atoms with Gasteiger partial charge in [0, 0.05) is 6.92 Å². The van der Waals surface area contributed by atoms with E-state index in [1.54, 1.807) is 12.1 Å². The molecule has 0 aliphatic carbocycles. The summed E-state index contributed by atoms with van der Waals surface area (Å²) in [5.74, 6) is -1.34. The van der Waals surface area contributed by atoms with Crippen LogP contribution < -0.4 is 0 Å². The Kier molecular flexibility index (Phi) is 6.29. The van der Waals surface area contributed by atoms with Crippen molar-refractivity contribution in [3.63, 3.8) is 0 Å². The molecule has 8 heteroatoms. The quantitative estimate of drug-likeness (QED) is 0.716. The second kappa shape index (κ2) is 6.93. The van der Waals surface area contributed by atoms with E-state index < -0.39 is 11.7 Å². The number of benzene rings is 1. The van der Waals surface area contributed by atoms with Crippen LogP contribution in [0.3, 0.4) is 0 Å². The molecule has 0 radical (unpaired) electrons. The number of carbonyl (C=O) groups is 1. The maximum Gasteiger partial charge on any atom is 0.300 e. The number of rotatable bonds is 0. The van der Waals surface area contributed by atoms with Crippen LogP contribution in [0.15, 0.2) is 0 Å². The smallest absolute Gasteiger partial charge is 0.300 e. The van der Waals surface area contributed by atoms with Crippen molar-refractivity contribution < 1.29 is 15.0 Å². The van der Waals surface area contributed by atoms with Crippen molar-refractivity contribution >= 4 is 40.8 Å². The van der Waals surface area contributed by atoms with Crippen molar-refractivity contribution in [2.45, 2.75) is 6.92 Å². The van der Waals surface area contributed by atoms with Gasteiger partial charge in [-0.1, -0.05) is 34.8 Å². The van der Waals surface area contributed by atoms with Gasteiger partial charge in [0.05, 0.1) is 15.6 Å². The number of hydrogen-bond acceptors (Lipinski definition) is 4. The van der Waals surface area contributed by atoms with Gasteiger partial charge in [0.15, 0.2) is 5.75 Å². The summed E-state index contributed by atoms with van der Waals surface area (Å²) >= 11 is 16.8. The van der Waals surface area contributed by atoms with E-state index in [9.17, 15) is 5.11 Å². The highest BCUT2D eigenvalue weighted by Crippen LogP contribution is 2.41. The van der Waals surface area contributed by atoms with Crippen molar-refractivity contribution in [3.05, 3.63) is 26.2 Å². The Morgan fingerprint density at radius 2 is 1.44 bits per heavy atom. The number of nitrogens with zero attached hydrogens (tertiary/aromatic N) is 2. The van der Waals surface area contributed by atoms with E-state index in [0.717, 1.165) is 6.92 Å². The first-order chi connectivity index (χ1) is 8.27. The Morgan fingerprint density at radius 3 is 1.78 bits per heavy atom. The van der Waals surface area contributed by atoms with E-state index in [1.807, 2.05) is 0 Å². The fourth-order valence-corrected chi connectivity index (χ4v) is 1.58. The fourth-order valence-electron chi connectivity index (χ4n) is 0.849. The highest BCUT2D eigenvalue weighted by atomic mass is 35.5. The molecule has 0 saturated heterocycles. The molecule has 18 heavy (non-hydrogen) atoms. The minimum absolute atomic E-state index is 0.118. The lowest BCUT2D eigenvalue weighted by atomic mass is 10.1. The Labute approximate surface area is 117 Å². The number of halogens is 3. The minimum atomic E-state index is -0.833. The molecule has 0 heterocycles. The predicted octanol–water partition coefficient (Wildman–Crippen LogP) is 3.19. The summed E-state index contributed by atoms with van der Waals surface area (Å²) < 4.78 is 0. The standard InChI is InChI=1S/C8HCl3N2O.C2H4O2/c9-5-3(1-12)6(10)7(11)8(14)4(5)2-13;1-2(3)4/h14H;1H3,(H,3,4). The van der Waals surface area contributed by atoms with Crippen LogP contribution in [0.25, 0.3) is 0 Å². The zero-order chi connectivity index (χ0) is 14.5. The van der Waals surface area contributed by atoms with E-state index in [0.29, 0.717) is 0 Å². The van der Waals surface area contributed by atoms with Gasteiger partial charge in [0.2, 0.25) is 0 Å². The van der Waals surface area contributed by atoms with Crippen LogP contribution in [0.2, 0.25) is 15.1 Å². The van der Waals surface area contributed by atoms with Gasteiger partial charge in [-0.3, -0.25) is 4.79 Å². The molecular weight excluding hydrogens is 302 g/mol. The van der Waals surface area contributed by atoms with Crippen molar-refractivity contribution in [2.24, 2.45) is 0 Å². The molecule has 0 bridgehead atoms. The summed E-state index contributed by atoms with van der Waals surface area (Å²) in [5.41, 5.74) is -0.370. The van der Waals surface area contributed by atoms with Gasteiger partial charge in [-0.15, -0.1) is 0 Å². The van der Waals surface area contributed by atoms with Gasteiger partial charge < -0.3 is 10.2 Å². The molecule has 94 valence electrons. The number of phenolic OH excluding ortho intramolecular Hbond substituents is 1. The number of hydrogen-bond donors (Lipinski definition) is 2. The van der Waals surface area contributed by atoms with Crippen LogP contribution in [-0.2, 0) is 4.79 Å². The summed E-state index contributed by atoms with van der Waals surface area (Å²) in [5, 5.41) is 33.5. The van der Waals surface area contributed by atoms with Gasteiger partial charge >= 0.3 is 0 Å². The van der Waals surface area contributed by atoms with Crippen LogP contribution >= 0.6 is 34.8 Å². The van der Waals surface area contributed by atoms with Crippen molar-refractivity contribution in [3.8, 4) is 17.9 Å². The van der Waals surface area contributed by atoms with E-state index in [1.165, 1.54) is 0 Å². The third-order valence-corrected chi connectivity index (χ3v) is 2.74. The molecule has 0 atom stereocenters. The first kappa shape index (κ1) is 16.3. The second-order valence-electron chi connectivity index (χ2n) is 2.78. The zero-order valence-corrected chi connectivity index (χ0v) is 11.1. The molecule has 0 saturated carbocycles. The average Bonchev–Trinajstić information content (AvgIpc) is 2.27. The number of aliphatic carboxylic acids is 1. The fraction of sp³-hybridized carbons (Fsp3) is 0.100. The summed E-state index contributed by atoms with van der Waals surface area (Å²) in [4.78, 5) is 9.00. The van der Waals surface area contributed by atoms with Crippen molar-refractivity contribution in [1.82, 2.24) is 0 Å². The Bertz CT molecular complexity index is 528. The third kappa shape index (κ3) is 3.68. The summed E-state index contributed by atoms with van der Waals surface area (Å²) in [6.07, 6.45) is 0. The summed E-state index contributed by atoms with van der Waals surface area (Å²) in [6, 6.07) is 3.33. The van der Waals surface area contributed by atoms with Gasteiger partial charge in [-0.05, 0) is 0 Å². The highest BCUT2D eigenvalue weighted by Gasteiger charge is 2.20. The lowest BCUT2D eigenvalue weighted by Crippen LogP contribution is -1.88. The minimum Gasteiger partial charge on any atom is -0.505 e. The average molecular weight is 308 g/mol. The maximum atomic E-state index is 9.35. The normalized spacial score (nSPS) is 8.56. The Morgan fingerprint density at radius 1 is 1.06 bits per heavy atom. The third-order valence-electron chi connectivity index (χ3n) is 1.52. The second-order valence-corrected chi connectivity index (χ2v) is 3.92. The van der Waals surface area contributed by atoms with E-state index in [2.05, 4.69) is 0 Å². The number of nitriles is 2. The van der Waals surface area contributed by atoms with E-state index in [-0.39, 0.29) is 26.2 Å². The van der Waals surface area contributed by atoms with Gasteiger partial charge in [-0.25, -0.2) is 0 Å². The number of aromatic hydroxyl groups is 1. The maximum absolute atomic E-state index is 9.35. The van der Waals surface area contributed by atoms with Crippen LogP contribution in [0, 0.1) is 22.7 Å². The van der Waals surface area contributed by atoms with Gasteiger partial charge in [-0.2, -0.15) is 10.5 Å². The molecule has 0 aliphatic heterocycles. The topological polar surface area (TPSA) is 105 Å². The van der Waals surface area contributed by atoms with Crippen LogP contribution in [0.1, 0.15) is 18.1 Å². The Balaban J connectivity index is 0.000000631. The largest absolute Gasteiger partial charge is 0.505 e. The summed E-state index contributed by atoms with van der Waals surface area (Å²) in [6.45, 7) is 1.08. The molecular formula is C10H5Cl3N2O3.